The Morgan fingerprint density at radius 2 is 1.79 bits per heavy atom. The summed E-state index contributed by atoms with van der Waals surface area (Å²) in [4.78, 5) is 29.4. The zero-order valence-corrected chi connectivity index (χ0v) is 17.5. The van der Waals surface area contributed by atoms with E-state index in [0.717, 1.165) is 36.3 Å². The molecule has 29 heavy (non-hydrogen) atoms. The molecule has 0 radical (unpaired) electrons. The van der Waals surface area contributed by atoms with E-state index in [2.05, 4.69) is 0 Å². The number of benzene rings is 2. The number of hydrogen-bond donors (Lipinski definition) is 0. The third kappa shape index (κ3) is 4.27. The summed E-state index contributed by atoms with van der Waals surface area (Å²) in [5.41, 5.74) is 1.84. The van der Waals surface area contributed by atoms with Gasteiger partial charge >= 0.3 is 0 Å². The molecule has 2 amide bonds. The van der Waals surface area contributed by atoms with Crippen molar-refractivity contribution in [3.05, 3.63) is 65.7 Å². The van der Waals surface area contributed by atoms with Gasteiger partial charge < -0.3 is 14.5 Å². The van der Waals surface area contributed by atoms with Crippen LogP contribution in [0.5, 0.6) is 5.75 Å². The molecule has 1 spiro atoms. The molecule has 4 rings (SSSR count). The number of nitrogens with zero attached hydrogens (tertiary/aromatic N) is 2. The van der Waals surface area contributed by atoms with Crippen molar-refractivity contribution in [2.24, 2.45) is 0 Å². The van der Waals surface area contributed by atoms with Crippen LogP contribution in [0.4, 0.5) is 0 Å². The van der Waals surface area contributed by atoms with E-state index in [1.54, 1.807) is 0 Å². The van der Waals surface area contributed by atoms with Crippen LogP contribution in [0.3, 0.4) is 0 Å². The second-order valence-electron chi connectivity index (χ2n) is 7.60. The van der Waals surface area contributed by atoms with E-state index in [4.69, 9.17) is 4.74 Å². The van der Waals surface area contributed by atoms with Crippen LogP contribution < -0.4 is 4.74 Å². The Balaban J connectivity index is 1.37. The molecular formula is C23H26N2O3S. The smallest absolute Gasteiger partial charge is 0.260 e. The first kappa shape index (κ1) is 19.8. The van der Waals surface area contributed by atoms with Crippen LogP contribution in [0.2, 0.25) is 0 Å². The Morgan fingerprint density at radius 1 is 1.03 bits per heavy atom. The first-order chi connectivity index (χ1) is 14.1. The molecule has 6 heteroatoms. The fourth-order valence-corrected chi connectivity index (χ4v) is 5.56. The van der Waals surface area contributed by atoms with Crippen LogP contribution in [0, 0.1) is 6.92 Å². The normalized spacial score (nSPS) is 18.1. The molecule has 0 atom stereocenters. The second-order valence-corrected chi connectivity index (χ2v) is 9.06. The standard InChI is InChI=1S/C23H26N2O3S/c1-18-6-5-7-19(16-18)22(27)25-14-15-29-23(25)10-12-24(13-11-23)21(26)17-28-20-8-3-2-4-9-20/h2-9,16H,10-15,17H2,1H3. The summed E-state index contributed by atoms with van der Waals surface area (Å²) in [6.45, 7) is 4.13. The summed E-state index contributed by atoms with van der Waals surface area (Å²) in [5, 5.41) is 0. The zero-order chi connectivity index (χ0) is 20.3. The Labute approximate surface area is 176 Å². The number of para-hydroxylation sites is 1. The molecule has 0 aliphatic carbocycles. The Bertz CT molecular complexity index is 879. The predicted molar refractivity (Wildman–Crippen MR) is 115 cm³/mol. The zero-order valence-electron chi connectivity index (χ0n) is 16.7. The van der Waals surface area contributed by atoms with Gasteiger partial charge in [0.25, 0.3) is 11.8 Å². The number of hydrogen-bond acceptors (Lipinski definition) is 4. The molecule has 0 saturated carbocycles. The number of carbonyl (C=O) groups is 2. The lowest BCUT2D eigenvalue weighted by Crippen LogP contribution is -2.54. The number of rotatable bonds is 4. The van der Waals surface area contributed by atoms with Crippen LogP contribution in [0.25, 0.3) is 0 Å². The van der Waals surface area contributed by atoms with Gasteiger partial charge in [-0.1, -0.05) is 35.9 Å². The van der Waals surface area contributed by atoms with Gasteiger partial charge in [0, 0.05) is 31.0 Å². The lowest BCUT2D eigenvalue weighted by molar-refractivity contribution is -0.135. The van der Waals surface area contributed by atoms with Crippen LogP contribution in [-0.4, -0.2) is 58.5 Å². The number of carbonyl (C=O) groups excluding carboxylic acids is 2. The van der Waals surface area contributed by atoms with Gasteiger partial charge in [-0.2, -0.15) is 0 Å². The molecular weight excluding hydrogens is 384 g/mol. The highest BCUT2D eigenvalue weighted by Crippen LogP contribution is 2.44. The molecule has 2 aromatic carbocycles. The minimum atomic E-state index is -0.197. The van der Waals surface area contributed by atoms with Crippen LogP contribution in [-0.2, 0) is 4.79 Å². The van der Waals surface area contributed by atoms with Gasteiger partial charge in [-0.3, -0.25) is 9.59 Å². The second kappa shape index (κ2) is 8.49. The number of thioether (sulfide) groups is 1. The third-order valence-electron chi connectivity index (χ3n) is 5.69. The number of likely N-dealkylation sites (tertiary alicyclic amines) is 1. The van der Waals surface area contributed by atoms with E-state index >= 15 is 0 Å². The average Bonchev–Trinajstić information content (AvgIpc) is 3.15. The molecule has 2 aliphatic rings. The molecule has 2 saturated heterocycles. The quantitative estimate of drug-likeness (QED) is 0.773. The van der Waals surface area contributed by atoms with E-state index in [0.29, 0.717) is 18.8 Å². The molecule has 0 aromatic heterocycles. The number of ether oxygens (including phenoxy) is 1. The van der Waals surface area contributed by atoms with Gasteiger partial charge in [0.15, 0.2) is 6.61 Å². The molecule has 2 aliphatic heterocycles. The van der Waals surface area contributed by atoms with Crippen molar-refractivity contribution in [2.75, 3.05) is 32.0 Å². The van der Waals surface area contributed by atoms with Crippen LogP contribution in [0.15, 0.2) is 54.6 Å². The van der Waals surface area contributed by atoms with Crippen molar-refractivity contribution in [2.45, 2.75) is 24.6 Å². The lowest BCUT2D eigenvalue weighted by atomic mass is 10.0. The monoisotopic (exact) mass is 410 g/mol. The molecule has 0 N–H and O–H groups in total. The SMILES string of the molecule is Cc1cccc(C(=O)N2CCSC23CCN(C(=O)COc2ccccc2)CC3)c1. The first-order valence-corrected chi connectivity index (χ1v) is 11.0. The maximum atomic E-state index is 13.2. The van der Waals surface area contributed by atoms with E-state index < -0.39 is 0 Å². The first-order valence-electron chi connectivity index (χ1n) is 10.1. The summed E-state index contributed by atoms with van der Waals surface area (Å²) in [6, 6.07) is 17.2. The molecule has 2 aromatic rings. The van der Waals surface area contributed by atoms with Crippen LogP contribution in [0.1, 0.15) is 28.8 Å². The summed E-state index contributed by atoms with van der Waals surface area (Å²) in [5.74, 6) is 1.76. The largest absolute Gasteiger partial charge is 0.484 e. The Kier molecular flexibility index (Phi) is 5.81. The van der Waals surface area contributed by atoms with E-state index in [1.165, 1.54) is 0 Å². The van der Waals surface area contributed by atoms with Crippen molar-refractivity contribution in [3.8, 4) is 5.75 Å². The van der Waals surface area contributed by atoms with Crippen molar-refractivity contribution in [3.63, 3.8) is 0 Å². The van der Waals surface area contributed by atoms with E-state index in [9.17, 15) is 9.59 Å². The lowest BCUT2D eigenvalue weighted by Gasteiger charge is -2.44. The van der Waals surface area contributed by atoms with Gasteiger partial charge in [0.05, 0.1) is 4.87 Å². The maximum Gasteiger partial charge on any atom is 0.260 e. The van der Waals surface area contributed by atoms with Gasteiger partial charge in [-0.05, 0) is 44.0 Å². The molecule has 2 fully saturated rings. The molecule has 152 valence electrons. The minimum absolute atomic E-state index is 0.00302. The molecule has 0 unspecified atom stereocenters. The average molecular weight is 411 g/mol. The molecule has 5 nitrogen and oxygen atoms in total. The Hall–Kier alpha value is -2.47. The summed E-state index contributed by atoms with van der Waals surface area (Å²) < 4.78 is 5.61. The van der Waals surface area contributed by atoms with Crippen molar-refractivity contribution in [1.29, 1.82) is 0 Å². The third-order valence-corrected chi connectivity index (χ3v) is 7.24. The van der Waals surface area contributed by atoms with Crippen molar-refractivity contribution >= 4 is 23.6 Å². The number of aryl methyl sites for hydroxylation is 1. The van der Waals surface area contributed by atoms with Gasteiger partial charge in [-0.15, -0.1) is 11.8 Å². The molecule has 2 heterocycles. The topological polar surface area (TPSA) is 49.9 Å². The van der Waals surface area contributed by atoms with Gasteiger partial charge in [0.1, 0.15) is 5.75 Å². The number of amides is 2. The van der Waals surface area contributed by atoms with Gasteiger partial charge in [0.2, 0.25) is 0 Å². The highest BCUT2D eigenvalue weighted by molar-refractivity contribution is 8.00. The van der Waals surface area contributed by atoms with Crippen molar-refractivity contribution in [1.82, 2.24) is 9.80 Å². The van der Waals surface area contributed by atoms with Gasteiger partial charge in [-0.25, -0.2) is 0 Å². The fraction of sp³-hybridized carbons (Fsp3) is 0.391. The fourth-order valence-electron chi connectivity index (χ4n) is 4.10. The Morgan fingerprint density at radius 3 is 2.52 bits per heavy atom. The van der Waals surface area contributed by atoms with E-state index in [1.807, 2.05) is 83.1 Å². The van der Waals surface area contributed by atoms with E-state index in [-0.39, 0.29) is 23.3 Å². The number of piperidine rings is 1. The summed E-state index contributed by atoms with van der Waals surface area (Å²) >= 11 is 1.86. The molecule has 0 bridgehead atoms. The maximum absolute atomic E-state index is 13.2. The minimum Gasteiger partial charge on any atom is -0.484 e. The van der Waals surface area contributed by atoms with Crippen molar-refractivity contribution < 1.29 is 14.3 Å². The highest BCUT2D eigenvalue weighted by Gasteiger charge is 2.47. The van der Waals surface area contributed by atoms with Crippen LogP contribution >= 0.6 is 11.8 Å². The summed E-state index contributed by atoms with van der Waals surface area (Å²) in [6.07, 6.45) is 1.60. The summed E-state index contributed by atoms with van der Waals surface area (Å²) in [7, 11) is 0. The highest BCUT2D eigenvalue weighted by atomic mass is 32.2. The predicted octanol–water partition coefficient (Wildman–Crippen LogP) is 3.58.